The summed E-state index contributed by atoms with van der Waals surface area (Å²) in [6.07, 6.45) is 3.12. The lowest BCUT2D eigenvalue weighted by atomic mass is 10.2. The summed E-state index contributed by atoms with van der Waals surface area (Å²) in [4.78, 5) is 11.9. The van der Waals surface area contributed by atoms with Gasteiger partial charge in [-0.25, -0.2) is 0 Å². The smallest absolute Gasteiger partial charge is 0.246 e. The molecule has 0 aliphatic rings. The lowest BCUT2D eigenvalue weighted by Gasteiger charge is -2.10. The van der Waals surface area contributed by atoms with Crippen molar-refractivity contribution >= 4 is 17.3 Å². The number of nitrogens with one attached hydrogen (secondary N) is 1. The van der Waals surface area contributed by atoms with Crippen molar-refractivity contribution < 1.29 is 9.53 Å². The highest BCUT2D eigenvalue weighted by Gasteiger charge is 2.07. The molecule has 6 nitrogen and oxygen atoms in total. The van der Waals surface area contributed by atoms with Crippen LogP contribution < -0.4 is 11.1 Å². The van der Waals surface area contributed by atoms with Crippen LogP contribution in [0.25, 0.3) is 0 Å². The van der Waals surface area contributed by atoms with Crippen molar-refractivity contribution in [2.75, 3.05) is 18.2 Å². The number of benzene rings is 1. The Morgan fingerprint density at radius 1 is 1.47 bits per heavy atom. The molecule has 0 unspecified atom stereocenters. The zero-order valence-corrected chi connectivity index (χ0v) is 10.7. The number of rotatable bonds is 5. The number of ether oxygens (including phenoxy) is 1. The molecular weight excluding hydrogens is 244 g/mol. The number of aromatic nitrogens is 2. The van der Waals surface area contributed by atoms with Gasteiger partial charge in [0.25, 0.3) is 0 Å². The summed E-state index contributed by atoms with van der Waals surface area (Å²) in [5, 5.41) is 6.79. The molecule has 1 aromatic heterocycles. The van der Waals surface area contributed by atoms with Gasteiger partial charge in [-0.05, 0) is 6.07 Å². The third-order valence-electron chi connectivity index (χ3n) is 2.55. The predicted octanol–water partition coefficient (Wildman–Crippen LogP) is 1.25. The number of amides is 1. The SMILES string of the molecule is COCc1ccccc1NC(=O)Cn1cc(N)cn1. The highest BCUT2D eigenvalue weighted by atomic mass is 16.5. The lowest BCUT2D eigenvalue weighted by molar-refractivity contribution is -0.116. The van der Waals surface area contributed by atoms with Crippen LogP contribution in [-0.2, 0) is 22.7 Å². The van der Waals surface area contributed by atoms with Crippen LogP contribution in [0, 0.1) is 0 Å². The summed E-state index contributed by atoms with van der Waals surface area (Å²) in [5.41, 5.74) is 7.75. The number of nitrogens with zero attached hydrogens (tertiary/aromatic N) is 2. The van der Waals surface area contributed by atoms with Crippen molar-refractivity contribution in [1.29, 1.82) is 0 Å². The van der Waals surface area contributed by atoms with Crippen LogP contribution in [0.5, 0.6) is 0 Å². The fraction of sp³-hybridized carbons (Fsp3) is 0.231. The summed E-state index contributed by atoms with van der Waals surface area (Å²) in [7, 11) is 1.62. The number of hydrogen-bond donors (Lipinski definition) is 2. The van der Waals surface area contributed by atoms with Gasteiger partial charge in [0.15, 0.2) is 0 Å². The standard InChI is InChI=1S/C13H16N4O2/c1-19-9-10-4-2-3-5-12(10)16-13(18)8-17-7-11(14)6-15-17/h2-7H,8-9,14H2,1H3,(H,16,18). The van der Waals surface area contributed by atoms with Crippen LogP contribution in [0.15, 0.2) is 36.7 Å². The van der Waals surface area contributed by atoms with E-state index >= 15 is 0 Å². The molecule has 1 amide bonds. The zero-order chi connectivity index (χ0) is 13.7. The van der Waals surface area contributed by atoms with Crippen LogP contribution in [0.3, 0.4) is 0 Å². The first-order valence-corrected chi connectivity index (χ1v) is 5.83. The van der Waals surface area contributed by atoms with Gasteiger partial charge < -0.3 is 15.8 Å². The van der Waals surface area contributed by atoms with E-state index in [0.717, 1.165) is 11.3 Å². The molecule has 0 fully saturated rings. The molecule has 6 heteroatoms. The van der Waals surface area contributed by atoms with Crippen molar-refractivity contribution in [3.8, 4) is 0 Å². The monoisotopic (exact) mass is 260 g/mol. The average Bonchev–Trinajstić information content (AvgIpc) is 2.77. The Labute approximate surface area is 111 Å². The van der Waals surface area contributed by atoms with E-state index in [-0.39, 0.29) is 12.5 Å². The fourth-order valence-electron chi connectivity index (χ4n) is 1.73. The first-order chi connectivity index (χ1) is 9.19. The van der Waals surface area contributed by atoms with Crippen molar-refractivity contribution in [2.45, 2.75) is 13.2 Å². The van der Waals surface area contributed by atoms with Crippen molar-refractivity contribution in [2.24, 2.45) is 0 Å². The van der Waals surface area contributed by atoms with Gasteiger partial charge >= 0.3 is 0 Å². The van der Waals surface area contributed by atoms with E-state index in [9.17, 15) is 4.79 Å². The van der Waals surface area contributed by atoms with Gasteiger partial charge in [-0.1, -0.05) is 18.2 Å². The second kappa shape index (κ2) is 6.01. The number of carbonyl (C=O) groups is 1. The van der Waals surface area contributed by atoms with E-state index in [1.807, 2.05) is 24.3 Å². The van der Waals surface area contributed by atoms with Crippen LogP contribution >= 0.6 is 0 Å². The molecule has 2 aromatic rings. The maximum absolute atomic E-state index is 11.9. The fourth-order valence-corrected chi connectivity index (χ4v) is 1.73. The molecule has 0 atom stereocenters. The molecule has 19 heavy (non-hydrogen) atoms. The summed E-state index contributed by atoms with van der Waals surface area (Å²) >= 11 is 0. The van der Waals surface area contributed by atoms with E-state index in [1.165, 1.54) is 10.9 Å². The third-order valence-corrected chi connectivity index (χ3v) is 2.55. The second-order valence-electron chi connectivity index (χ2n) is 4.11. The van der Waals surface area contributed by atoms with E-state index < -0.39 is 0 Å². The van der Waals surface area contributed by atoms with Gasteiger partial charge in [-0.2, -0.15) is 5.10 Å². The van der Waals surface area contributed by atoms with E-state index in [0.29, 0.717) is 12.3 Å². The highest BCUT2D eigenvalue weighted by molar-refractivity contribution is 5.91. The Morgan fingerprint density at radius 3 is 2.95 bits per heavy atom. The number of methoxy groups -OCH3 is 1. The number of carbonyl (C=O) groups excluding carboxylic acids is 1. The summed E-state index contributed by atoms with van der Waals surface area (Å²) in [6.45, 7) is 0.573. The molecule has 0 bridgehead atoms. The molecule has 0 spiro atoms. The highest BCUT2D eigenvalue weighted by Crippen LogP contribution is 2.15. The normalized spacial score (nSPS) is 10.4. The topological polar surface area (TPSA) is 82.2 Å². The van der Waals surface area contributed by atoms with Gasteiger partial charge in [0.05, 0.1) is 18.5 Å². The number of nitrogen functional groups attached to an aromatic ring is 1. The van der Waals surface area contributed by atoms with E-state index in [4.69, 9.17) is 10.5 Å². The minimum absolute atomic E-state index is 0.124. The molecular formula is C13H16N4O2. The van der Waals surface area contributed by atoms with Crippen LogP contribution in [-0.4, -0.2) is 22.8 Å². The maximum atomic E-state index is 11.9. The first kappa shape index (κ1) is 13.1. The quantitative estimate of drug-likeness (QED) is 0.847. The Hall–Kier alpha value is -2.34. The molecule has 2 rings (SSSR count). The first-order valence-electron chi connectivity index (χ1n) is 5.83. The molecule has 0 radical (unpaired) electrons. The van der Waals surface area contributed by atoms with E-state index in [1.54, 1.807) is 13.3 Å². The molecule has 1 aromatic carbocycles. The Balaban J connectivity index is 2.02. The molecule has 3 N–H and O–H groups in total. The van der Waals surface area contributed by atoms with Crippen molar-refractivity contribution in [3.63, 3.8) is 0 Å². The molecule has 0 aliphatic heterocycles. The minimum Gasteiger partial charge on any atom is -0.396 e. The summed E-state index contributed by atoms with van der Waals surface area (Å²) in [6, 6.07) is 7.51. The molecule has 1 heterocycles. The number of anilines is 2. The third kappa shape index (κ3) is 3.56. The summed E-state index contributed by atoms with van der Waals surface area (Å²) < 4.78 is 6.58. The van der Waals surface area contributed by atoms with Crippen molar-refractivity contribution in [3.05, 3.63) is 42.2 Å². The lowest BCUT2D eigenvalue weighted by Crippen LogP contribution is -2.19. The number of hydrogen-bond acceptors (Lipinski definition) is 4. The van der Waals surface area contributed by atoms with Gasteiger partial charge in [-0.3, -0.25) is 9.48 Å². The van der Waals surface area contributed by atoms with Crippen LogP contribution in [0.4, 0.5) is 11.4 Å². The zero-order valence-electron chi connectivity index (χ0n) is 10.7. The second-order valence-corrected chi connectivity index (χ2v) is 4.11. The van der Waals surface area contributed by atoms with Gasteiger partial charge in [0.2, 0.25) is 5.91 Å². The number of nitrogens with two attached hydrogens (primary N) is 1. The largest absolute Gasteiger partial charge is 0.396 e. The molecule has 0 aliphatic carbocycles. The van der Waals surface area contributed by atoms with Gasteiger partial charge in [0.1, 0.15) is 6.54 Å². The average molecular weight is 260 g/mol. The number of para-hydroxylation sites is 1. The molecule has 100 valence electrons. The molecule has 0 saturated carbocycles. The van der Waals surface area contributed by atoms with E-state index in [2.05, 4.69) is 10.4 Å². The Bertz CT molecular complexity index is 565. The minimum atomic E-state index is -0.161. The van der Waals surface area contributed by atoms with Crippen molar-refractivity contribution in [1.82, 2.24) is 9.78 Å². The molecule has 0 saturated heterocycles. The predicted molar refractivity (Wildman–Crippen MR) is 72.4 cm³/mol. The van der Waals surface area contributed by atoms with Gasteiger partial charge in [0, 0.05) is 24.6 Å². The van der Waals surface area contributed by atoms with Crippen LogP contribution in [0.1, 0.15) is 5.56 Å². The summed E-state index contributed by atoms with van der Waals surface area (Å²) in [5.74, 6) is -0.161. The van der Waals surface area contributed by atoms with Gasteiger partial charge in [-0.15, -0.1) is 0 Å². The van der Waals surface area contributed by atoms with Crippen LogP contribution in [0.2, 0.25) is 0 Å². The Morgan fingerprint density at radius 2 is 2.26 bits per heavy atom. The Kier molecular flexibility index (Phi) is 4.15. The maximum Gasteiger partial charge on any atom is 0.246 e.